The maximum Gasteiger partial charge on any atom is 0.338 e. The summed E-state index contributed by atoms with van der Waals surface area (Å²) in [5.41, 5.74) is 4.90. The van der Waals surface area contributed by atoms with Crippen LogP contribution in [0.1, 0.15) is 42.5 Å². The van der Waals surface area contributed by atoms with Gasteiger partial charge in [0, 0.05) is 22.5 Å². The zero-order valence-electron chi connectivity index (χ0n) is 15.9. The Labute approximate surface area is 166 Å². The van der Waals surface area contributed by atoms with Crippen molar-refractivity contribution in [2.45, 2.75) is 13.8 Å². The average Bonchev–Trinajstić information content (AvgIpc) is 3.01. The van der Waals surface area contributed by atoms with Gasteiger partial charge in [-0.1, -0.05) is 18.2 Å². The molecule has 0 aliphatic heterocycles. The van der Waals surface area contributed by atoms with Crippen molar-refractivity contribution < 1.29 is 23.5 Å². The molecule has 3 aromatic rings. The summed E-state index contributed by atoms with van der Waals surface area (Å²) >= 11 is 0. The minimum absolute atomic E-state index is 0.153. The Morgan fingerprint density at radius 2 is 1.62 bits per heavy atom. The van der Waals surface area contributed by atoms with E-state index in [0.717, 1.165) is 12.1 Å². The van der Waals surface area contributed by atoms with Crippen LogP contribution in [0, 0.1) is 19.7 Å². The lowest BCUT2D eigenvalue weighted by atomic mass is 10.1. The molecule has 6 nitrogen and oxygen atoms in total. The van der Waals surface area contributed by atoms with E-state index in [1.54, 1.807) is 44.2 Å². The van der Waals surface area contributed by atoms with E-state index < -0.39 is 24.2 Å². The molecule has 0 aliphatic rings. The van der Waals surface area contributed by atoms with Crippen LogP contribution in [0.25, 0.3) is 0 Å². The number of benzene rings is 2. The molecule has 0 spiro atoms. The number of Topliss-reactive ketones (excluding diaryl/α,β-unsaturated/α-hetero) is 1. The van der Waals surface area contributed by atoms with Crippen molar-refractivity contribution in [3.8, 4) is 0 Å². The normalized spacial score (nSPS) is 10.4. The Balaban J connectivity index is 1.68. The van der Waals surface area contributed by atoms with E-state index in [1.165, 1.54) is 16.8 Å². The number of nitrogens with zero attached hydrogens (tertiary/aromatic N) is 1. The van der Waals surface area contributed by atoms with Gasteiger partial charge in [0.05, 0.1) is 5.56 Å². The van der Waals surface area contributed by atoms with E-state index in [1.807, 2.05) is 6.07 Å². The van der Waals surface area contributed by atoms with Gasteiger partial charge in [-0.2, -0.15) is 0 Å². The number of ether oxygens (including phenoxy) is 1. The lowest BCUT2D eigenvalue weighted by Crippen LogP contribution is -2.25. The zero-order valence-corrected chi connectivity index (χ0v) is 15.9. The molecule has 29 heavy (non-hydrogen) atoms. The summed E-state index contributed by atoms with van der Waals surface area (Å²) in [5, 5.41) is 0. The molecule has 1 amide bonds. The predicted octanol–water partition coefficient (Wildman–Crippen LogP) is 3.67. The number of hydrogen-bond acceptors (Lipinski definition) is 4. The summed E-state index contributed by atoms with van der Waals surface area (Å²) in [6.45, 7) is 2.97. The molecule has 2 aromatic carbocycles. The first-order chi connectivity index (χ1) is 13.9. The summed E-state index contributed by atoms with van der Waals surface area (Å²) in [6.07, 6.45) is 0. The Kier molecular flexibility index (Phi) is 5.87. The number of amides is 1. The molecule has 0 bridgehead atoms. The van der Waals surface area contributed by atoms with Crippen molar-refractivity contribution in [3.05, 3.63) is 94.6 Å². The highest BCUT2D eigenvalue weighted by atomic mass is 19.1. The first kappa shape index (κ1) is 20.0. The molecular formula is C22H19FN2O4. The number of halogens is 1. The second kappa shape index (κ2) is 8.52. The molecule has 0 unspecified atom stereocenters. The number of esters is 1. The van der Waals surface area contributed by atoms with E-state index in [9.17, 15) is 18.8 Å². The Morgan fingerprint density at radius 1 is 0.966 bits per heavy atom. The SMILES string of the molecule is Cc1cc(C(=O)COC(=O)c2ccc(F)cc2)c(C)n1NC(=O)c1ccccc1. The van der Waals surface area contributed by atoms with Crippen molar-refractivity contribution in [2.75, 3.05) is 12.0 Å². The minimum atomic E-state index is -0.718. The smallest absolute Gasteiger partial charge is 0.338 e. The third-order valence-electron chi connectivity index (χ3n) is 4.40. The molecule has 7 heteroatoms. The van der Waals surface area contributed by atoms with Crippen LogP contribution in [0.3, 0.4) is 0 Å². The number of hydrogen-bond donors (Lipinski definition) is 1. The Morgan fingerprint density at radius 3 is 2.28 bits per heavy atom. The molecule has 148 valence electrons. The quantitative estimate of drug-likeness (QED) is 0.511. The number of aromatic nitrogens is 1. The van der Waals surface area contributed by atoms with Crippen molar-refractivity contribution in [3.63, 3.8) is 0 Å². The average molecular weight is 394 g/mol. The summed E-state index contributed by atoms with van der Waals surface area (Å²) < 4.78 is 19.5. The van der Waals surface area contributed by atoms with Gasteiger partial charge in [0.25, 0.3) is 5.91 Å². The highest BCUT2D eigenvalue weighted by Crippen LogP contribution is 2.15. The van der Waals surface area contributed by atoms with Gasteiger partial charge in [-0.15, -0.1) is 0 Å². The molecule has 1 N–H and O–H groups in total. The number of aryl methyl sites for hydroxylation is 1. The van der Waals surface area contributed by atoms with Crippen LogP contribution >= 0.6 is 0 Å². The summed E-state index contributed by atoms with van der Waals surface area (Å²) in [7, 11) is 0. The number of carbonyl (C=O) groups excluding carboxylic acids is 3. The standard InChI is InChI=1S/C22H19FN2O4/c1-14-12-19(15(2)25(14)24-21(27)16-6-4-3-5-7-16)20(26)13-29-22(28)17-8-10-18(23)11-9-17/h3-12H,13H2,1-2H3,(H,24,27). The lowest BCUT2D eigenvalue weighted by Gasteiger charge is -2.11. The van der Waals surface area contributed by atoms with E-state index >= 15 is 0 Å². The van der Waals surface area contributed by atoms with Crippen LogP contribution in [0.15, 0.2) is 60.7 Å². The van der Waals surface area contributed by atoms with E-state index in [4.69, 9.17) is 4.74 Å². The maximum atomic E-state index is 12.9. The van der Waals surface area contributed by atoms with Crippen LogP contribution in [-0.2, 0) is 4.74 Å². The molecule has 0 radical (unpaired) electrons. The lowest BCUT2D eigenvalue weighted by molar-refractivity contribution is 0.0474. The fourth-order valence-corrected chi connectivity index (χ4v) is 2.85. The first-order valence-corrected chi connectivity index (χ1v) is 8.88. The van der Waals surface area contributed by atoms with Gasteiger partial charge in [0.1, 0.15) is 5.82 Å². The minimum Gasteiger partial charge on any atom is -0.454 e. The number of nitrogens with one attached hydrogen (secondary N) is 1. The third kappa shape index (κ3) is 4.57. The molecule has 0 saturated heterocycles. The fraction of sp³-hybridized carbons (Fsp3) is 0.136. The molecule has 1 aromatic heterocycles. The molecule has 0 aliphatic carbocycles. The van der Waals surface area contributed by atoms with Crippen LogP contribution in [0.5, 0.6) is 0 Å². The molecule has 0 atom stereocenters. The predicted molar refractivity (Wildman–Crippen MR) is 105 cm³/mol. The van der Waals surface area contributed by atoms with E-state index in [2.05, 4.69) is 5.43 Å². The molecule has 1 heterocycles. The van der Waals surface area contributed by atoms with Crippen LogP contribution in [0.2, 0.25) is 0 Å². The van der Waals surface area contributed by atoms with Gasteiger partial charge in [-0.25, -0.2) is 9.18 Å². The third-order valence-corrected chi connectivity index (χ3v) is 4.40. The van der Waals surface area contributed by atoms with E-state index in [0.29, 0.717) is 22.5 Å². The molecular weight excluding hydrogens is 375 g/mol. The van der Waals surface area contributed by atoms with Gasteiger partial charge < -0.3 is 4.74 Å². The Bertz CT molecular complexity index is 1060. The Hall–Kier alpha value is -3.74. The van der Waals surface area contributed by atoms with E-state index in [-0.39, 0.29) is 11.5 Å². The van der Waals surface area contributed by atoms with Gasteiger partial charge in [-0.05, 0) is 56.3 Å². The highest BCUT2D eigenvalue weighted by molar-refractivity contribution is 6.02. The van der Waals surface area contributed by atoms with Crippen molar-refractivity contribution in [1.82, 2.24) is 4.68 Å². The molecule has 0 saturated carbocycles. The van der Waals surface area contributed by atoms with Crippen molar-refractivity contribution in [2.24, 2.45) is 0 Å². The fourth-order valence-electron chi connectivity index (χ4n) is 2.85. The molecule has 3 rings (SSSR count). The highest BCUT2D eigenvalue weighted by Gasteiger charge is 2.19. The van der Waals surface area contributed by atoms with Crippen LogP contribution in [-0.4, -0.2) is 28.9 Å². The number of ketones is 1. The van der Waals surface area contributed by atoms with Crippen molar-refractivity contribution in [1.29, 1.82) is 0 Å². The molecule has 0 fully saturated rings. The topological polar surface area (TPSA) is 77.4 Å². The van der Waals surface area contributed by atoms with Gasteiger partial charge in [0.15, 0.2) is 6.61 Å². The number of rotatable bonds is 6. The van der Waals surface area contributed by atoms with Crippen LogP contribution in [0.4, 0.5) is 4.39 Å². The summed E-state index contributed by atoms with van der Waals surface area (Å²) in [5.74, 6) is -1.91. The first-order valence-electron chi connectivity index (χ1n) is 8.88. The van der Waals surface area contributed by atoms with Crippen molar-refractivity contribution >= 4 is 17.7 Å². The monoisotopic (exact) mass is 394 g/mol. The summed E-state index contributed by atoms with van der Waals surface area (Å²) in [6, 6.07) is 15.2. The number of carbonyl (C=O) groups is 3. The second-order valence-electron chi connectivity index (χ2n) is 6.43. The van der Waals surface area contributed by atoms with Gasteiger partial charge >= 0.3 is 5.97 Å². The van der Waals surface area contributed by atoms with Gasteiger partial charge in [0.2, 0.25) is 5.78 Å². The summed E-state index contributed by atoms with van der Waals surface area (Å²) in [4.78, 5) is 36.9. The zero-order chi connectivity index (χ0) is 21.0. The van der Waals surface area contributed by atoms with Gasteiger partial charge in [-0.3, -0.25) is 19.7 Å². The largest absolute Gasteiger partial charge is 0.454 e. The second-order valence-corrected chi connectivity index (χ2v) is 6.43. The maximum absolute atomic E-state index is 12.9. The van der Waals surface area contributed by atoms with Crippen LogP contribution < -0.4 is 5.43 Å².